The summed E-state index contributed by atoms with van der Waals surface area (Å²) in [5.41, 5.74) is 0. The summed E-state index contributed by atoms with van der Waals surface area (Å²) in [6.07, 6.45) is 10.8. The number of ketones is 1. The summed E-state index contributed by atoms with van der Waals surface area (Å²) in [7, 11) is 1.87. The van der Waals surface area contributed by atoms with Crippen molar-refractivity contribution in [2.75, 3.05) is 13.6 Å². The largest absolute Gasteiger partial charge is 0.367 e. The lowest BCUT2D eigenvalue weighted by Crippen LogP contribution is -2.24. The van der Waals surface area contributed by atoms with Gasteiger partial charge in [0.1, 0.15) is 5.78 Å². The van der Waals surface area contributed by atoms with E-state index in [1.807, 2.05) is 26.2 Å². The molecule has 2 N–H and O–H groups in total. The van der Waals surface area contributed by atoms with Gasteiger partial charge < -0.3 is 10.6 Å². The Balaban J connectivity index is 3.72. The average Bonchev–Trinajstić information content (AvgIpc) is 2.31. The Kier molecular flexibility index (Phi) is 10.2. The summed E-state index contributed by atoms with van der Waals surface area (Å²) in [6, 6.07) is 0. The Morgan fingerprint density at radius 3 is 2.76 bits per heavy atom. The van der Waals surface area contributed by atoms with E-state index in [-0.39, 0.29) is 11.7 Å². The minimum atomic E-state index is 0.116. The third-order valence-corrected chi connectivity index (χ3v) is 2.33. The molecule has 0 aromatic rings. The second-order valence-corrected chi connectivity index (χ2v) is 3.73. The number of carbonyl (C=O) groups excluding carboxylic acids is 1. The first-order valence-electron chi connectivity index (χ1n) is 5.91. The number of Topliss-reactive ketones (excluding diaryl/α,β-unsaturated/α-hetero) is 1. The van der Waals surface area contributed by atoms with Gasteiger partial charge in [-0.05, 0) is 39.9 Å². The normalized spacial score (nSPS) is 13.8. The number of hydrogen-bond donors (Lipinski definition) is 2. The fourth-order valence-corrected chi connectivity index (χ4v) is 1.37. The molecule has 0 aliphatic rings. The van der Waals surface area contributed by atoms with E-state index in [0.717, 1.165) is 19.4 Å². The molecule has 0 saturated carbocycles. The predicted molar refractivity (Wildman–Crippen MR) is 72.9 cm³/mol. The summed E-state index contributed by atoms with van der Waals surface area (Å²) in [5.74, 6) is 0.364. The Labute approximate surface area is 104 Å². The van der Waals surface area contributed by atoms with E-state index in [0.29, 0.717) is 0 Å². The molecule has 4 nitrogen and oxygen atoms in total. The van der Waals surface area contributed by atoms with E-state index < -0.39 is 0 Å². The third-order valence-electron chi connectivity index (χ3n) is 2.33. The molecule has 0 radical (unpaired) electrons. The molecule has 0 amide bonds. The van der Waals surface area contributed by atoms with Crippen molar-refractivity contribution >= 4 is 12.0 Å². The second-order valence-electron chi connectivity index (χ2n) is 3.73. The highest BCUT2D eigenvalue weighted by Crippen LogP contribution is 2.07. The van der Waals surface area contributed by atoms with Gasteiger partial charge in [0, 0.05) is 31.1 Å². The van der Waals surface area contributed by atoms with Crippen molar-refractivity contribution in [1.29, 1.82) is 0 Å². The monoisotopic (exact) mass is 237 g/mol. The lowest BCUT2D eigenvalue weighted by atomic mass is 9.99. The summed E-state index contributed by atoms with van der Waals surface area (Å²) >= 11 is 0. The average molecular weight is 237 g/mol. The first kappa shape index (κ1) is 15.6. The van der Waals surface area contributed by atoms with Crippen LogP contribution in [0, 0.1) is 5.92 Å². The molecule has 0 aliphatic carbocycles. The minimum absolute atomic E-state index is 0.116. The molecule has 17 heavy (non-hydrogen) atoms. The van der Waals surface area contributed by atoms with Gasteiger partial charge in [0.15, 0.2) is 0 Å². The van der Waals surface area contributed by atoms with E-state index in [9.17, 15) is 4.79 Å². The highest BCUT2D eigenvalue weighted by atomic mass is 16.1. The maximum absolute atomic E-state index is 11.3. The number of nitrogens with zero attached hydrogens (tertiary/aromatic N) is 1. The molecule has 0 aromatic heterocycles. The van der Waals surface area contributed by atoms with Crippen molar-refractivity contribution < 1.29 is 4.79 Å². The molecule has 4 heteroatoms. The van der Waals surface area contributed by atoms with E-state index >= 15 is 0 Å². The van der Waals surface area contributed by atoms with Crippen LogP contribution in [0.1, 0.15) is 26.7 Å². The number of nitrogens with one attached hydrogen (secondary N) is 2. The lowest BCUT2D eigenvalue weighted by Gasteiger charge is -2.11. The number of rotatable bonds is 9. The summed E-state index contributed by atoms with van der Waals surface area (Å²) < 4.78 is 0. The van der Waals surface area contributed by atoms with E-state index in [1.54, 1.807) is 25.5 Å². The molecule has 0 spiro atoms. The third kappa shape index (κ3) is 9.51. The highest BCUT2D eigenvalue weighted by Gasteiger charge is 2.11. The Morgan fingerprint density at radius 1 is 1.41 bits per heavy atom. The second kappa shape index (κ2) is 11.1. The number of hydrogen-bond acceptors (Lipinski definition) is 4. The van der Waals surface area contributed by atoms with Crippen molar-refractivity contribution in [3.8, 4) is 0 Å². The Hall–Kier alpha value is -1.42. The number of aliphatic imine (C=N–C) groups is 1. The zero-order valence-corrected chi connectivity index (χ0v) is 10.9. The summed E-state index contributed by atoms with van der Waals surface area (Å²) in [5, 5.41) is 6.02. The molecule has 1 atom stereocenters. The van der Waals surface area contributed by atoms with Crippen LogP contribution in [-0.4, -0.2) is 25.6 Å². The van der Waals surface area contributed by atoms with Gasteiger partial charge in [-0.25, -0.2) is 0 Å². The minimum Gasteiger partial charge on any atom is -0.367 e. The molecule has 0 heterocycles. The fourth-order valence-electron chi connectivity index (χ4n) is 1.37. The van der Waals surface area contributed by atoms with Crippen molar-refractivity contribution in [3.63, 3.8) is 0 Å². The van der Waals surface area contributed by atoms with Crippen LogP contribution in [0.3, 0.4) is 0 Å². The Bertz CT molecular complexity index is 282. The van der Waals surface area contributed by atoms with Crippen LogP contribution in [0.2, 0.25) is 0 Å². The van der Waals surface area contributed by atoms with Gasteiger partial charge in [0.05, 0.1) is 0 Å². The van der Waals surface area contributed by atoms with Crippen LogP contribution in [0.25, 0.3) is 0 Å². The van der Waals surface area contributed by atoms with Crippen molar-refractivity contribution in [2.24, 2.45) is 10.9 Å². The molecule has 0 fully saturated rings. The topological polar surface area (TPSA) is 53.5 Å². The van der Waals surface area contributed by atoms with Crippen LogP contribution < -0.4 is 10.6 Å². The summed E-state index contributed by atoms with van der Waals surface area (Å²) in [6.45, 7) is 4.26. The van der Waals surface area contributed by atoms with E-state index in [4.69, 9.17) is 0 Å². The molecule has 0 aliphatic heterocycles. The highest BCUT2D eigenvalue weighted by molar-refractivity contribution is 5.78. The van der Waals surface area contributed by atoms with Gasteiger partial charge in [0.2, 0.25) is 0 Å². The van der Waals surface area contributed by atoms with Crippen molar-refractivity contribution in [1.82, 2.24) is 10.6 Å². The van der Waals surface area contributed by atoms with E-state index in [1.165, 1.54) is 0 Å². The van der Waals surface area contributed by atoms with Gasteiger partial charge in [-0.2, -0.15) is 0 Å². The maximum atomic E-state index is 11.3. The lowest BCUT2D eigenvalue weighted by molar-refractivity contribution is -0.120. The molecule has 1 unspecified atom stereocenters. The quantitative estimate of drug-likeness (QED) is 0.602. The molecular weight excluding hydrogens is 214 g/mol. The first-order chi connectivity index (χ1) is 8.22. The van der Waals surface area contributed by atoms with Crippen LogP contribution in [-0.2, 0) is 4.79 Å². The van der Waals surface area contributed by atoms with Crippen LogP contribution in [0.5, 0.6) is 0 Å². The number of carbonyl (C=O) groups is 1. The maximum Gasteiger partial charge on any atom is 0.134 e. The molecule has 0 saturated heterocycles. The van der Waals surface area contributed by atoms with Gasteiger partial charge in [-0.1, -0.05) is 6.08 Å². The van der Waals surface area contributed by atoms with Gasteiger partial charge in [-0.15, -0.1) is 0 Å². The first-order valence-corrected chi connectivity index (χ1v) is 5.91. The standard InChI is InChI=1S/C13H23N3O/c1-4-15-9-10-16-8-6-5-7-13(11-14-3)12(2)17/h4,6,8-10,13-14,16H,5,7,11H2,1-3H3/b8-6+,10-9-,15-4?. The fraction of sp³-hybridized carbons (Fsp3) is 0.538. The van der Waals surface area contributed by atoms with Gasteiger partial charge in [-0.3, -0.25) is 9.79 Å². The predicted octanol–water partition coefficient (Wildman–Crippen LogP) is 1.86. The molecule has 0 aromatic carbocycles. The summed E-state index contributed by atoms with van der Waals surface area (Å²) in [4.78, 5) is 15.2. The van der Waals surface area contributed by atoms with Crippen LogP contribution >= 0.6 is 0 Å². The van der Waals surface area contributed by atoms with Gasteiger partial charge >= 0.3 is 0 Å². The molecule has 0 rings (SSSR count). The van der Waals surface area contributed by atoms with Gasteiger partial charge in [0.25, 0.3) is 0 Å². The van der Waals surface area contributed by atoms with Crippen molar-refractivity contribution in [2.45, 2.75) is 26.7 Å². The zero-order valence-electron chi connectivity index (χ0n) is 10.9. The van der Waals surface area contributed by atoms with Crippen LogP contribution in [0.4, 0.5) is 0 Å². The zero-order chi connectivity index (χ0) is 12.9. The number of allylic oxidation sites excluding steroid dienone is 1. The molecule has 96 valence electrons. The van der Waals surface area contributed by atoms with E-state index in [2.05, 4.69) is 15.6 Å². The Morgan fingerprint density at radius 2 is 2.18 bits per heavy atom. The molecule has 0 bridgehead atoms. The smallest absolute Gasteiger partial charge is 0.134 e. The SMILES string of the molecule is CC=N/C=C\N/C=C/CCC(CNC)C(C)=O. The van der Waals surface area contributed by atoms with Crippen LogP contribution in [0.15, 0.2) is 29.7 Å². The molecular formula is C13H23N3O. The van der Waals surface area contributed by atoms with Crippen molar-refractivity contribution in [3.05, 3.63) is 24.7 Å².